The largest absolute Gasteiger partial charge is 0.329 e. The van der Waals surface area contributed by atoms with E-state index in [1.807, 2.05) is 42.6 Å². The van der Waals surface area contributed by atoms with E-state index in [9.17, 15) is 13.2 Å². The van der Waals surface area contributed by atoms with Crippen LogP contribution in [0.25, 0.3) is 10.1 Å². The second-order valence-corrected chi connectivity index (χ2v) is 11.4. The van der Waals surface area contributed by atoms with Crippen LogP contribution in [0.4, 0.5) is 0 Å². The number of carbonyl (C=O) groups excluding carboxylic acids is 1. The van der Waals surface area contributed by atoms with Crippen LogP contribution >= 0.6 is 34.3 Å². The topological polar surface area (TPSA) is 54.5 Å². The van der Waals surface area contributed by atoms with Gasteiger partial charge in [0.2, 0.25) is 0 Å². The Morgan fingerprint density at radius 3 is 2.70 bits per heavy atom. The highest BCUT2D eigenvalue weighted by molar-refractivity contribution is 7.91. The quantitative estimate of drug-likeness (QED) is 0.589. The number of benzene rings is 1. The summed E-state index contributed by atoms with van der Waals surface area (Å²) in [7, 11) is -3.10. The van der Waals surface area contributed by atoms with Gasteiger partial charge in [-0.1, -0.05) is 29.8 Å². The molecule has 8 heteroatoms. The molecule has 1 aliphatic heterocycles. The van der Waals surface area contributed by atoms with Crippen LogP contribution in [-0.4, -0.2) is 36.8 Å². The van der Waals surface area contributed by atoms with E-state index in [-0.39, 0.29) is 23.5 Å². The number of halogens is 1. The minimum Gasteiger partial charge on any atom is -0.329 e. The van der Waals surface area contributed by atoms with Gasteiger partial charge in [0, 0.05) is 21.0 Å². The van der Waals surface area contributed by atoms with Gasteiger partial charge in [-0.05, 0) is 36.4 Å². The average molecular weight is 440 g/mol. The fourth-order valence-electron chi connectivity index (χ4n) is 3.39. The van der Waals surface area contributed by atoms with Gasteiger partial charge in [-0.3, -0.25) is 4.79 Å². The highest BCUT2D eigenvalue weighted by Gasteiger charge is 2.36. The van der Waals surface area contributed by atoms with Gasteiger partial charge in [0.25, 0.3) is 5.91 Å². The molecule has 1 aliphatic rings. The molecule has 2 aromatic heterocycles. The monoisotopic (exact) mass is 439 g/mol. The molecule has 1 unspecified atom stereocenters. The Hall–Kier alpha value is -1.41. The smallest absolute Gasteiger partial charge is 0.266 e. The molecule has 4 nitrogen and oxygen atoms in total. The second-order valence-electron chi connectivity index (χ2n) is 6.76. The Kier molecular flexibility index (Phi) is 5.05. The van der Waals surface area contributed by atoms with E-state index in [2.05, 4.69) is 0 Å². The Morgan fingerprint density at radius 2 is 2.07 bits per heavy atom. The van der Waals surface area contributed by atoms with E-state index in [4.69, 9.17) is 11.6 Å². The molecule has 0 N–H and O–H groups in total. The molecule has 0 saturated carbocycles. The molecule has 0 radical (unpaired) electrons. The summed E-state index contributed by atoms with van der Waals surface area (Å²) in [5.41, 5.74) is 1.11. The molecular formula is C19H18ClNO3S3. The van der Waals surface area contributed by atoms with Gasteiger partial charge in [0.15, 0.2) is 9.84 Å². The molecule has 4 rings (SSSR count). The number of sulfone groups is 1. The maximum absolute atomic E-state index is 13.4. The molecule has 1 fully saturated rings. The van der Waals surface area contributed by atoms with Crippen LogP contribution in [0.2, 0.25) is 5.02 Å². The van der Waals surface area contributed by atoms with Crippen molar-refractivity contribution >= 4 is 60.1 Å². The molecule has 3 aromatic rings. The van der Waals surface area contributed by atoms with E-state index >= 15 is 0 Å². The van der Waals surface area contributed by atoms with Crippen molar-refractivity contribution in [2.75, 3.05) is 11.5 Å². The number of hydrogen-bond acceptors (Lipinski definition) is 5. The van der Waals surface area contributed by atoms with Crippen molar-refractivity contribution < 1.29 is 13.2 Å². The maximum Gasteiger partial charge on any atom is 0.266 e. The molecule has 3 heterocycles. The first-order chi connectivity index (χ1) is 12.9. The molecule has 1 atom stereocenters. The zero-order valence-electron chi connectivity index (χ0n) is 14.6. The van der Waals surface area contributed by atoms with E-state index in [0.717, 1.165) is 20.5 Å². The summed E-state index contributed by atoms with van der Waals surface area (Å²) in [6.07, 6.45) is 0.473. The zero-order chi connectivity index (χ0) is 19.2. The minimum absolute atomic E-state index is 0.0195. The predicted molar refractivity (Wildman–Crippen MR) is 113 cm³/mol. The van der Waals surface area contributed by atoms with E-state index in [1.54, 1.807) is 16.2 Å². The van der Waals surface area contributed by atoms with Crippen molar-refractivity contribution in [3.05, 3.63) is 56.1 Å². The summed E-state index contributed by atoms with van der Waals surface area (Å²) in [6.45, 7) is 2.42. The number of hydrogen-bond donors (Lipinski definition) is 0. The van der Waals surface area contributed by atoms with Gasteiger partial charge < -0.3 is 4.90 Å². The summed E-state index contributed by atoms with van der Waals surface area (Å²) in [6, 6.07) is 9.35. The minimum atomic E-state index is -3.10. The number of amides is 1. The first kappa shape index (κ1) is 18.9. The van der Waals surface area contributed by atoms with Crippen molar-refractivity contribution in [2.24, 2.45) is 0 Å². The number of rotatable bonds is 4. The molecule has 1 amide bonds. The summed E-state index contributed by atoms with van der Waals surface area (Å²) in [4.78, 5) is 16.7. The molecule has 1 aromatic carbocycles. The van der Waals surface area contributed by atoms with Crippen LogP contribution in [-0.2, 0) is 16.4 Å². The van der Waals surface area contributed by atoms with Crippen LogP contribution < -0.4 is 0 Å². The third-order valence-corrected chi connectivity index (χ3v) is 9.34. The van der Waals surface area contributed by atoms with Gasteiger partial charge in [0.1, 0.15) is 4.88 Å². The van der Waals surface area contributed by atoms with Crippen LogP contribution in [0.1, 0.15) is 26.5 Å². The standard InChI is InChI=1S/C19H18ClNO3S3/c1-12-6-8-25-16(12)10-21(13-7-9-27(23,24)11-13)19(22)18-17(20)14-4-2-3-5-15(14)26-18/h2-6,8,13H,7,9-11H2,1H3. The molecular weight excluding hydrogens is 422 g/mol. The van der Waals surface area contributed by atoms with Crippen LogP contribution in [0.3, 0.4) is 0 Å². The van der Waals surface area contributed by atoms with Crippen molar-refractivity contribution in [2.45, 2.75) is 25.9 Å². The highest BCUT2D eigenvalue weighted by Crippen LogP contribution is 2.37. The van der Waals surface area contributed by atoms with E-state index < -0.39 is 9.84 Å². The number of thiophene rings is 2. The van der Waals surface area contributed by atoms with Crippen molar-refractivity contribution in [1.29, 1.82) is 0 Å². The van der Waals surface area contributed by atoms with Crippen LogP contribution in [0.5, 0.6) is 0 Å². The van der Waals surface area contributed by atoms with E-state index in [1.165, 1.54) is 11.3 Å². The average Bonchev–Trinajstić information content (AvgIpc) is 3.30. The lowest BCUT2D eigenvalue weighted by Gasteiger charge is -2.28. The lowest BCUT2D eigenvalue weighted by atomic mass is 10.1. The van der Waals surface area contributed by atoms with Crippen molar-refractivity contribution in [3.63, 3.8) is 0 Å². The molecule has 27 heavy (non-hydrogen) atoms. The Balaban J connectivity index is 1.73. The van der Waals surface area contributed by atoms with Crippen LogP contribution in [0.15, 0.2) is 35.7 Å². The number of fused-ring (bicyclic) bond motifs is 1. The number of aryl methyl sites for hydroxylation is 1. The highest BCUT2D eigenvalue weighted by atomic mass is 35.5. The summed E-state index contributed by atoms with van der Waals surface area (Å²) < 4.78 is 25.0. The lowest BCUT2D eigenvalue weighted by Crippen LogP contribution is -2.40. The molecule has 1 saturated heterocycles. The van der Waals surface area contributed by atoms with Crippen molar-refractivity contribution in [3.8, 4) is 0 Å². The van der Waals surface area contributed by atoms with Gasteiger partial charge in [-0.25, -0.2) is 8.42 Å². The third kappa shape index (κ3) is 3.66. The predicted octanol–water partition coefficient (Wildman–Crippen LogP) is 4.75. The van der Waals surface area contributed by atoms with Gasteiger partial charge in [-0.15, -0.1) is 22.7 Å². The molecule has 0 spiro atoms. The fraction of sp³-hybridized carbons (Fsp3) is 0.316. The fourth-order valence-corrected chi connectivity index (χ4v) is 7.49. The van der Waals surface area contributed by atoms with E-state index in [0.29, 0.717) is 22.9 Å². The molecule has 0 bridgehead atoms. The van der Waals surface area contributed by atoms with Gasteiger partial charge in [-0.2, -0.15) is 0 Å². The zero-order valence-corrected chi connectivity index (χ0v) is 17.8. The molecule has 142 valence electrons. The van der Waals surface area contributed by atoms with Crippen LogP contribution in [0, 0.1) is 6.92 Å². The number of nitrogens with zero attached hydrogens (tertiary/aromatic N) is 1. The second kappa shape index (κ2) is 7.20. The maximum atomic E-state index is 13.4. The third-order valence-electron chi connectivity index (χ3n) is 4.92. The number of carbonyl (C=O) groups is 1. The summed E-state index contributed by atoms with van der Waals surface area (Å²) in [5, 5.41) is 3.30. The first-order valence-corrected chi connectivity index (χ1v) is 12.5. The summed E-state index contributed by atoms with van der Waals surface area (Å²) >= 11 is 9.47. The Labute approximate surface area is 171 Å². The normalized spacial score (nSPS) is 18.8. The Morgan fingerprint density at radius 1 is 1.30 bits per heavy atom. The SMILES string of the molecule is Cc1ccsc1CN(C(=O)c1sc2ccccc2c1Cl)C1CCS(=O)(=O)C1. The van der Waals surface area contributed by atoms with Crippen molar-refractivity contribution in [1.82, 2.24) is 4.90 Å². The van der Waals surface area contributed by atoms with Gasteiger partial charge in [0.05, 0.1) is 23.1 Å². The molecule has 0 aliphatic carbocycles. The summed E-state index contributed by atoms with van der Waals surface area (Å²) in [5.74, 6) is -0.0347. The first-order valence-electron chi connectivity index (χ1n) is 8.57. The van der Waals surface area contributed by atoms with Gasteiger partial charge >= 0.3 is 0 Å². The lowest BCUT2D eigenvalue weighted by molar-refractivity contribution is 0.0688. The Bertz CT molecular complexity index is 1120.